The van der Waals surface area contributed by atoms with Crippen LogP contribution in [-0.2, 0) is 123 Å². The van der Waals surface area contributed by atoms with Crippen LogP contribution in [0.4, 0.5) is 0 Å². The van der Waals surface area contributed by atoms with Crippen molar-refractivity contribution in [3.8, 4) is 0 Å². The van der Waals surface area contributed by atoms with Crippen molar-refractivity contribution in [2.75, 3.05) is 207 Å². The van der Waals surface area contributed by atoms with E-state index >= 15 is 0 Å². The average Bonchev–Trinajstić information content (AvgIpc) is 0.871. The Balaban J connectivity index is 1.97. The number of methoxy groups -OCH3 is 8. The molecule has 0 radical (unpaired) electrons. The van der Waals surface area contributed by atoms with Gasteiger partial charge in [0.1, 0.15) is 30.2 Å². The average molecular weight is 1550 g/mol. The summed E-state index contributed by atoms with van der Waals surface area (Å²) in [6.07, 6.45) is -0.817. The minimum absolute atomic E-state index is 0.0272. The third kappa shape index (κ3) is 37.3. The fraction of sp³-hybridized carbons (Fsp3) is 0.704. The minimum Gasteiger partial charge on any atom is -0.468 e. The molecule has 0 bridgehead atoms. The molecule has 7 amide bonds. The molecule has 0 spiro atoms. The van der Waals surface area contributed by atoms with E-state index in [9.17, 15) is 71.9 Å². The van der Waals surface area contributed by atoms with Gasteiger partial charge in [0.25, 0.3) is 0 Å². The minimum atomic E-state index is -1.32. The predicted molar refractivity (Wildman–Crippen MR) is 391 cm³/mol. The zero-order valence-electron chi connectivity index (χ0n) is 65.2. The number of carbonyl (C=O) groups excluding carboxylic acids is 15. The summed E-state index contributed by atoms with van der Waals surface area (Å²) in [6.45, 7) is 7.59. The molecule has 2 aliphatic rings. The fourth-order valence-electron chi connectivity index (χ4n) is 12.0. The fourth-order valence-corrected chi connectivity index (χ4v) is 12.0. The lowest BCUT2D eigenvalue weighted by atomic mass is 9.97. The second-order valence-corrected chi connectivity index (χ2v) is 26.5. The highest BCUT2D eigenvalue weighted by Crippen LogP contribution is 2.17. The van der Waals surface area contributed by atoms with E-state index in [1.54, 1.807) is 50.8 Å². The Bertz CT molecular complexity index is 3050. The second-order valence-electron chi connectivity index (χ2n) is 26.5. The van der Waals surface area contributed by atoms with Crippen LogP contribution in [0, 0.1) is 5.92 Å². The number of hydrogen-bond acceptors (Lipinski definition) is 31. The Morgan fingerprint density at radius 2 is 0.697 bits per heavy atom. The lowest BCUT2D eigenvalue weighted by molar-refractivity contribution is -0.149. The second kappa shape index (κ2) is 52.1. The highest BCUT2D eigenvalue weighted by molar-refractivity contribution is 5.92. The number of nitrogens with two attached hydrogens (primary N) is 1. The SMILES string of the molecule is CCC(C)[C@H](NC(C)=O)C(=O)N[C@@H](CCC(N)=O)C(=O)NCc1ccc(CNC(=O)C(CCNC(=O)CCC(C(=O)OC)N2CCN(CC(=O)OC)CCN(CC(=O)OC)CCN(CC(=O)OC)CC2)NC(=O)CCC(C(=O)OC)N2CCN(CC(=O)OC)CCN(CC(=O)OC)CCN(CC(=O)OC)CC2)cc1. The normalized spacial score (nSPS) is 17.1. The maximum Gasteiger partial charge on any atom is 0.323 e. The summed E-state index contributed by atoms with van der Waals surface area (Å²) in [5.41, 5.74) is 6.59. The van der Waals surface area contributed by atoms with Crippen LogP contribution in [-0.4, -0.2) is 366 Å². The van der Waals surface area contributed by atoms with E-state index in [0.29, 0.717) is 43.7 Å². The van der Waals surface area contributed by atoms with Gasteiger partial charge in [0.05, 0.1) is 96.1 Å². The molecule has 0 saturated carbocycles. The molecule has 6 atom stereocenters. The summed E-state index contributed by atoms with van der Waals surface area (Å²) in [5, 5.41) is 16.5. The van der Waals surface area contributed by atoms with Crippen molar-refractivity contribution in [2.45, 2.75) is 115 Å². The maximum atomic E-state index is 14.4. The van der Waals surface area contributed by atoms with Gasteiger partial charge in [0, 0.05) is 151 Å². The summed E-state index contributed by atoms with van der Waals surface area (Å²) in [7, 11) is 9.95. The van der Waals surface area contributed by atoms with Crippen LogP contribution in [0.5, 0.6) is 0 Å². The number of nitrogens with one attached hydrogen (secondary N) is 6. The highest BCUT2D eigenvalue weighted by atomic mass is 16.5. The van der Waals surface area contributed by atoms with Gasteiger partial charge < -0.3 is 75.5 Å². The Morgan fingerprint density at radius 3 is 0.991 bits per heavy atom. The largest absolute Gasteiger partial charge is 0.468 e. The smallest absolute Gasteiger partial charge is 0.323 e. The highest BCUT2D eigenvalue weighted by Gasteiger charge is 2.35. The molecule has 4 unspecified atom stereocenters. The first-order valence-corrected chi connectivity index (χ1v) is 36.5. The molecule has 1 aromatic rings. The topological polar surface area (TPSA) is 454 Å². The lowest BCUT2D eigenvalue weighted by Gasteiger charge is -2.36. The lowest BCUT2D eigenvalue weighted by Crippen LogP contribution is -2.55. The molecule has 2 saturated heterocycles. The van der Waals surface area contributed by atoms with E-state index in [4.69, 9.17) is 43.6 Å². The number of benzene rings is 1. The molecule has 3 rings (SSSR count). The van der Waals surface area contributed by atoms with Crippen molar-refractivity contribution in [1.29, 1.82) is 0 Å². The van der Waals surface area contributed by atoms with Gasteiger partial charge in [-0.05, 0) is 42.7 Å². The van der Waals surface area contributed by atoms with E-state index in [2.05, 4.69) is 31.9 Å². The molecule has 1 aromatic carbocycles. The van der Waals surface area contributed by atoms with Crippen LogP contribution in [0.15, 0.2) is 24.3 Å². The van der Waals surface area contributed by atoms with Crippen molar-refractivity contribution in [2.24, 2.45) is 11.7 Å². The van der Waals surface area contributed by atoms with E-state index in [0.717, 1.165) is 0 Å². The maximum absolute atomic E-state index is 14.4. The van der Waals surface area contributed by atoms with E-state index in [-0.39, 0.29) is 188 Å². The third-order valence-electron chi connectivity index (χ3n) is 18.9. The molecular weight excluding hydrogens is 1430 g/mol. The molecule has 0 aromatic heterocycles. The van der Waals surface area contributed by atoms with Crippen LogP contribution in [0.1, 0.15) is 83.3 Å². The molecule has 38 nitrogen and oxygen atoms in total. The third-order valence-corrected chi connectivity index (χ3v) is 18.9. The number of ether oxygens (including phenoxy) is 8. The van der Waals surface area contributed by atoms with Crippen molar-refractivity contribution in [3.63, 3.8) is 0 Å². The Labute approximate surface area is 637 Å². The van der Waals surface area contributed by atoms with Crippen LogP contribution in [0.2, 0.25) is 0 Å². The number of esters is 8. The summed E-state index contributed by atoms with van der Waals surface area (Å²) < 4.78 is 40.4. The van der Waals surface area contributed by atoms with E-state index < -0.39 is 119 Å². The van der Waals surface area contributed by atoms with Gasteiger partial charge in [-0.25, -0.2) is 0 Å². The molecule has 2 aliphatic heterocycles. The summed E-state index contributed by atoms with van der Waals surface area (Å²) in [4.78, 5) is 212. The molecular formula is C71H117N15O23. The van der Waals surface area contributed by atoms with Crippen LogP contribution in [0.25, 0.3) is 0 Å². The zero-order valence-corrected chi connectivity index (χ0v) is 65.2. The van der Waals surface area contributed by atoms with Crippen LogP contribution >= 0.6 is 0 Å². The number of nitrogens with zero attached hydrogens (tertiary/aromatic N) is 8. The quantitative estimate of drug-likeness (QED) is 0.0240. The molecule has 2 heterocycles. The Hall–Kier alpha value is -9.05. The molecule has 8 N–H and O–H groups in total. The number of carbonyl (C=O) groups is 15. The summed E-state index contributed by atoms with van der Waals surface area (Å²) >= 11 is 0. The predicted octanol–water partition coefficient (Wildman–Crippen LogP) is -4.66. The first kappa shape index (κ1) is 94.2. The number of rotatable bonds is 40. The van der Waals surface area contributed by atoms with Crippen molar-refractivity contribution in [1.82, 2.24) is 71.1 Å². The Kier molecular flexibility index (Phi) is 45.0. The van der Waals surface area contributed by atoms with E-state index in [1.807, 2.05) is 26.5 Å². The first-order chi connectivity index (χ1) is 52.0. The van der Waals surface area contributed by atoms with Crippen molar-refractivity contribution >= 4 is 89.1 Å². The van der Waals surface area contributed by atoms with Crippen LogP contribution in [0.3, 0.4) is 0 Å². The summed E-state index contributed by atoms with van der Waals surface area (Å²) in [6, 6.07) is 1.14. The van der Waals surface area contributed by atoms with Gasteiger partial charge in [-0.1, -0.05) is 44.5 Å². The number of amides is 7. The van der Waals surface area contributed by atoms with E-state index in [1.165, 1.54) is 63.8 Å². The van der Waals surface area contributed by atoms with Crippen molar-refractivity contribution < 1.29 is 110 Å². The van der Waals surface area contributed by atoms with Crippen LogP contribution < -0.4 is 37.6 Å². The van der Waals surface area contributed by atoms with Gasteiger partial charge in [0.2, 0.25) is 41.4 Å². The summed E-state index contributed by atoms with van der Waals surface area (Å²) in [5.74, 6) is -9.04. The molecule has 0 aliphatic carbocycles. The molecule has 614 valence electrons. The zero-order chi connectivity index (χ0) is 81.0. The molecule has 38 heteroatoms. The van der Waals surface area contributed by atoms with Gasteiger partial charge >= 0.3 is 47.8 Å². The monoisotopic (exact) mass is 1550 g/mol. The number of primary amides is 1. The molecule has 109 heavy (non-hydrogen) atoms. The van der Waals surface area contributed by atoms with Gasteiger partial charge in [-0.15, -0.1) is 0 Å². The molecule has 2 fully saturated rings. The number of hydrogen-bond donors (Lipinski definition) is 7. The standard InChI is InChI=1S/C71H117N15O23/c1-12-49(2)66(76-50(3)87)69(99)78-53(17-20-57(72)88)67(97)74-41-51-13-15-52(16-14-51)42-75-68(98)54(77-59(90)22-19-56(71(101)109-11)86-39-35-83(47-64(95)106-8)31-27-80(44-61(92)103-5)28-32-84(36-40-86)48-65(96)107-9)23-24-73-58(89)21-18-55(70(100)108-10)85-37-33-81(45-62(93)104-6)29-25-79(43-60(91)102-4)26-30-82(34-38-85)46-63(94)105-7/h13-16,49,53-56,66H,12,17-48H2,1-11H3,(H2,72,88)(H,73,89)(H,74,97)(H,75,98)(H,76,87)(H,77,90)(H,78,99)/t49?,53-,54?,55?,56?,66-/m0/s1. The van der Waals surface area contributed by atoms with Gasteiger partial charge in [0.15, 0.2) is 0 Å². The first-order valence-electron chi connectivity index (χ1n) is 36.5. The van der Waals surface area contributed by atoms with Gasteiger partial charge in [-0.3, -0.25) is 111 Å². The Morgan fingerprint density at radius 1 is 0.385 bits per heavy atom. The van der Waals surface area contributed by atoms with Gasteiger partial charge in [-0.2, -0.15) is 0 Å². The van der Waals surface area contributed by atoms with Crippen molar-refractivity contribution in [3.05, 3.63) is 35.4 Å².